The quantitative estimate of drug-likeness (QED) is 0.739. The Morgan fingerprint density at radius 3 is 2.92 bits per heavy atom. The number of rotatable bonds is 0. The fraction of sp³-hybridized carbons (Fsp3) is 0. The monoisotopic (exact) mass is 240 g/mol. The molecule has 0 atom stereocenters. The molecule has 0 unspecified atom stereocenters. The number of aromatic amines is 1. The largest absolute Gasteiger partial charge is 0.332 e. The van der Waals surface area contributed by atoms with Crippen molar-refractivity contribution in [3.05, 3.63) is 49.7 Å². The van der Waals surface area contributed by atoms with Crippen LogP contribution in [0.25, 0.3) is 5.52 Å². The summed E-state index contributed by atoms with van der Waals surface area (Å²) in [4.78, 5) is 24.4. The summed E-state index contributed by atoms with van der Waals surface area (Å²) in [6.07, 6.45) is 1.60. The highest BCUT2D eigenvalue weighted by Gasteiger charge is 1.99. The highest BCUT2D eigenvalue weighted by molar-refractivity contribution is 9.10. The number of H-pyrrole nitrogens is 1. The van der Waals surface area contributed by atoms with E-state index in [-0.39, 0.29) is 0 Å². The Morgan fingerprint density at radius 1 is 1.38 bits per heavy atom. The Morgan fingerprint density at radius 2 is 2.15 bits per heavy atom. The zero-order valence-corrected chi connectivity index (χ0v) is 8.04. The van der Waals surface area contributed by atoms with Crippen molar-refractivity contribution in [3.8, 4) is 0 Å². The molecule has 0 fully saturated rings. The van der Waals surface area contributed by atoms with Crippen LogP contribution < -0.4 is 11.2 Å². The van der Waals surface area contributed by atoms with Crippen LogP contribution in [0.3, 0.4) is 0 Å². The van der Waals surface area contributed by atoms with Crippen LogP contribution in [-0.4, -0.2) is 9.38 Å². The summed E-state index contributed by atoms with van der Waals surface area (Å²) in [7, 11) is 0. The molecule has 2 aromatic heterocycles. The van der Waals surface area contributed by atoms with Gasteiger partial charge in [-0.1, -0.05) is 0 Å². The molecule has 4 nitrogen and oxygen atoms in total. The van der Waals surface area contributed by atoms with Crippen molar-refractivity contribution in [1.29, 1.82) is 0 Å². The Bertz CT molecular complexity index is 570. The second kappa shape index (κ2) is 2.85. The number of aromatic nitrogens is 2. The number of hydrogen-bond acceptors (Lipinski definition) is 2. The first-order chi connectivity index (χ1) is 6.18. The van der Waals surface area contributed by atoms with Crippen LogP contribution >= 0.6 is 15.9 Å². The Labute approximate surface area is 81.0 Å². The van der Waals surface area contributed by atoms with E-state index in [0.29, 0.717) is 5.52 Å². The Hall–Kier alpha value is -1.36. The number of hydrogen-bond donors (Lipinski definition) is 1. The topological polar surface area (TPSA) is 54.3 Å². The van der Waals surface area contributed by atoms with Crippen LogP contribution in [0.5, 0.6) is 0 Å². The van der Waals surface area contributed by atoms with Crippen molar-refractivity contribution >= 4 is 21.4 Å². The molecule has 0 radical (unpaired) electrons. The lowest BCUT2D eigenvalue weighted by Crippen LogP contribution is -2.25. The first kappa shape index (κ1) is 8.25. The van der Waals surface area contributed by atoms with Gasteiger partial charge in [0.1, 0.15) is 0 Å². The molecule has 66 valence electrons. The van der Waals surface area contributed by atoms with Gasteiger partial charge in [0.15, 0.2) is 0 Å². The van der Waals surface area contributed by atoms with Crippen LogP contribution in [0.1, 0.15) is 0 Å². The fourth-order valence-corrected chi connectivity index (χ4v) is 1.59. The van der Waals surface area contributed by atoms with Gasteiger partial charge in [0.25, 0.3) is 5.56 Å². The standard InChI is InChI=1S/C8H5BrN2O2/c9-5-2-1-3-11-6(5)4-7(12)10-8(11)13/h1-4H,(H,10,12,13). The molecular formula is C8H5BrN2O2. The van der Waals surface area contributed by atoms with Crippen LogP contribution in [0.15, 0.2) is 38.5 Å². The highest BCUT2D eigenvalue weighted by atomic mass is 79.9. The molecule has 0 amide bonds. The van der Waals surface area contributed by atoms with E-state index < -0.39 is 11.2 Å². The first-order valence-corrected chi connectivity index (χ1v) is 4.38. The van der Waals surface area contributed by atoms with Crippen molar-refractivity contribution in [2.75, 3.05) is 0 Å². The van der Waals surface area contributed by atoms with Gasteiger partial charge in [-0.25, -0.2) is 4.79 Å². The average molecular weight is 241 g/mol. The van der Waals surface area contributed by atoms with Gasteiger partial charge in [-0.3, -0.25) is 14.2 Å². The van der Waals surface area contributed by atoms with E-state index in [0.717, 1.165) is 4.47 Å². The second-order valence-electron chi connectivity index (χ2n) is 2.55. The molecule has 0 saturated heterocycles. The number of halogens is 1. The zero-order chi connectivity index (χ0) is 9.42. The minimum atomic E-state index is -0.427. The minimum Gasteiger partial charge on any atom is -0.274 e. The van der Waals surface area contributed by atoms with Gasteiger partial charge in [-0.2, -0.15) is 0 Å². The lowest BCUT2D eigenvalue weighted by atomic mass is 10.4. The van der Waals surface area contributed by atoms with Crippen LogP contribution in [0.4, 0.5) is 0 Å². The summed E-state index contributed by atoms with van der Waals surface area (Å²) in [6.45, 7) is 0. The molecule has 5 heteroatoms. The minimum absolute atomic E-state index is 0.392. The fourth-order valence-electron chi connectivity index (χ4n) is 1.14. The van der Waals surface area contributed by atoms with Gasteiger partial charge in [-0.05, 0) is 28.1 Å². The molecule has 0 spiro atoms. The molecule has 13 heavy (non-hydrogen) atoms. The summed E-state index contributed by atoms with van der Waals surface area (Å²) in [5.74, 6) is 0. The molecule has 0 aliphatic carbocycles. The summed E-state index contributed by atoms with van der Waals surface area (Å²) >= 11 is 3.25. The van der Waals surface area contributed by atoms with E-state index in [2.05, 4.69) is 20.9 Å². The molecule has 2 heterocycles. The number of fused-ring (bicyclic) bond motifs is 1. The smallest absolute Gasteiger partial charge is 0.274 e. The summed E-state index contributed by atoms with van der Waals surface area (Å²) in [5.41, 5.74) is -0.253. The van der Waals surface area contributed by atoms with Crippen molar-refractivity contribution in [2.45, 2.75) is 0 Å². The maximum atomic E-state index is 11.2. The van der Waals surface area contributed by atoms with E-state index in [1.807, 2.05) is 0 Å². The Balaban J connectivity index is 3.12. The predicted octanol–water partition coefficient (Wildman–Crippen LogP) is 0.750. The van der Waals surface area contributed by atoms with E-state index >= 15 is 0 Å². The van der Waals surface area contributed by atoms with E-state index in [4.69, 9.17) is 0 Å². The van der Waals surface area contributed by atoms with Gasteiger partial charge in [0.2, 0.25) is 0 Å². The van der Waals surface area contributed by atoms with Crippen molar-refractivity contribution in [1.82, 2.24) is 9.38 Å². The molecule has 0 saturated carbocycles. The van der Waals surface area contributed by atoms with E-state index in [9.17, 15) is 9.59 Å². The van der Waals surface area contributed by atoms with Crippen LogP contribution in [0.2, 0.25) is 0 Å². The zero-order valence-electron chi connectivity index (χ0n) is 6.45. The lowest BCUT2D eigenvalue weighted by Gasteiger charge is -1.99. The lowest BCUT2D eigenvalue weighted by molar-refractivity contribution is 0.966. The third kappa shape index (κ3) is 1.31. The van der Waals surface area contributed by atoms with E-state index in [1.54, 1.807) is 18.3 Å². The van der Waals surface area contributed by atoms with Gasteiger partial charge in [0, 0.05) is 16.7 Å². The predicted molar refractivity (Wildman–Crippen MR) is 52.0 cm³/mol. The third-order valence-electron chi connectivity index (χ3n) is 1.70. The van der Waals surface area contributed by atoms with Gasteiger partial charge in [-0.15, -0.1) is 0 Å². The number of nitrogens with one attached hydrogen (secondary N) is 1. The normalized spacial score (nSPS) is 10.5. The molecule has 0 bridgehead atoms. The molecule has 0 aliphatic rings. The third-order valence-corrected chi connectivity index (χ3v) is 2.37. The molecule has 1 N–H and O–H groups in total. The van der Waals surface area contributed by atoms with Crippen molar-refractivity contribution in [2.24, 2.45) is 0 Å². The van der Waals surface area contributed by atoms with Crippen LogP contribution in [-0.2, 0) is 0 Å². The summed E-state index contributed by atoms with van der Waals surface area (Å²) in [5, 5.41) is 0. The summed E-state index contributed by atoms with van der Waals surface area (Å²) < 4.78 is 2.09. The Kier molecular flexibility index (Phi) is 1.81. The maximum Gasteiger partial charge on any atom is 0.332 e. The summed E-state index contributed by atoms with van der Waals surface area (Å²) in [6, 6.07) is 4.86. The van der Waals surface area contributed by atoms with Gasteiger partial charge >= 0.3 is 5.69 Å². The SMILES string of the molecule is O=c1cc2c(Br)cccn2c(=O)[nH]1. The van der Waals surface area contributed by atoms with Crippen LogP contribution in [0, 0.1) is 0 Å². The van der Waals surface area contributed by atoms with Gasteiger partial charge in [0.05, 0.1) is 5.52 Å². The molecular weight excluding hydrogens is 236 g/mol. The van der Waals surface area contributed by atoms with E-state index in [1.165, 1.54) is 10.5 Å². The maximum absolute atomic E-state index is 11.2. The van der Waals surface area contributed by atoms with Crippen molar-refractivity contribution < 1.29 is 0 Å². The molecule has 2 rings (SSSR count). The number of pyridine rings is 1. The van der Waals surface area contributed by atoms with Gasteiger partial charge < -0.3 is 0 Å². The van der Waals surface area contributed by atoms with Crippen molar-refractivity contribution in [3.63, 3.8) is 0 Å². The average Bonchev–Trinajstić information content (AvgIpc) is 2.07. The first-order valence-electron chi connectivity index (χ1n) is 3.59. The molecule has 2 aromatic rings. The molecule has 0 aromatic carbocycles. The number of nitrogens with zero attached hydrogens (tertiary/aromatic N) is 1. The molecule has 0 aliphatic heterocycles. The highest BCUT2D eigenvalue weighted by Crippen LogP contribution is 2.13. The second-order valence-corrected chi connectivity index (χ2v) is 3.40.